The Bertz CT molecular complexity index is 1310. The summed E-state index contributed by atoms with van der Waals surface area (Å²) >= 11 is 0. The zero-order valence-corrected chi connectivity index (χ0v) is 14.0. The zero-order valence-electron chi connectivity index (χ0n) is 14.0. The third-order valence-electron chi connectivity index (χ3n) is 4.40. The van der Waals surface area contributed by atoms with E-state index in [1.165, 1.54) is 6.07 Å². The molecule has 0 atom stereocenters. The lowest BCUT2D eigenvalue weighted by Gasteiger charge is -2.13. The number of hydrogen-bond donors (Lipinski definition) is 1. The maximum absolute atomic E-state index is 13.8. The molecule has 0 fully saturated rings. The standard InChI is InChI=1S/C20H13FN6/c21-16-5-1-4-15(25-16)17-18(27-10-9-24-20(27)19(22)26-17)13-6-7-14-12(11-13)3-2-8-23-14/h1-11H,(H2,22,26). The third-order valence-corrected chi connectivity index (χ3v) is 4.40. The molecule has 0 bridgehead atoms. The van der Waals surface area contributed by atoms with E-state index in [0.29, 0.717) is 17.0 Å². The number of nitrogens with two attached hydrogens (primary N) is 1. The summed E-state index contributed by atoms with van der Waals surface area (Å²) in [7, 11) is 0. The molecule has 6 nitrogen and oxygen atoms in total. The maximum atomic E-state index is 13.8. The number of fused-ring (bicyclic) bond motifs is 2. The first-order valence-corrected chi connectivity index (χ1v) is 8.31. The first-order valence-electron chi connectivity index (χ1n) is 8.31. The van der Waals surface area contributed by atoms with Gasteiger partial charge in [-0.2, -0.15) is 4.39 Å². The quantitative estimate of drug-likeness (QED) is 0.487. The Morgan fingerprint density at radius 3 is 2.74 bits per heavy atom. The van der Waals surface area contributed by atoms with Crippen molar-refractivity contribution in [1.82, 2.24) is 24.3 Å². The molecule has 0 saturated heterocycles. The summed E-state index contributed by atoms with van der Waals surface area (Å²) in [4.78, 5) is 17.1. The normalized spacial score (nSPS) is 11.3. The minimum atomic E-state index is -0.577. The fourth-order valence-corrected chi connectivity index (χ4v) is 3.23. The van der Waals surface area contributed by atoms with Crippen molar-refractivity contribution in [2.75, 3.05) is 5.73 Å². The highest BCUT2D eigenvalue weighted by Crippen LogP contribution is 2.33. The van der Waals surface area contributed by atoms with E-state index in [4.69, 9.17) is 5.73 Å². The second-order valence-electron chi connectivity index (χ2n) is 6.07. The van der Waals surface area contributed by atoms with Gasteiger partial charge in [-0.15, -0.1) is 0 Å². The summed E-state index contributed by atoms with van der Waals surface area (Å²) in [5.41, 5.74) is 10.0. The molecule has 0 aliphatic rings. The fourth-order valence-electron chi connectivity index (χ4n) is 3.23. The Balaban J connectivity index is 1.87. The average Bonchev–Trinajstić information content (AvgIpc) is 3.18. The molecule has 5 rings (SSSR count). The topological polar surface area (TPSA) is 82.0 Å². The second-order valence-corrected chi connectivity index (χ2v) is 6.07. The predicted molar refractivity (Wildman–Crippen MR) is 101 cm³/mol. The van der Waals surface area contributed by atoms with Crippen molar-refractivity contribution in [1.29, 1.82) is 0 Å². The smallest absolute Gasteiger partial charge is 0.213 e. The number of aromatic nitrogens is 5. The number of rotatable bonds is 2. The molecule has 0 aliphatic carbocycles. The van der Waals surface area contributed by atoms with Crippen LogP contribution in [0.5, 0.6) is 0 Å². The van der Waals surface area contributed by atoms with Crippen LogP contribution in [0.4, 0.5) is 10.2 Å². The minimum Gasteiger partial charge on any atom is -0.381 e. The summed E-state index contributed by atoms with van der Waals surface area (Å²) in [6, 6.07) is 14.4. The van der Waals surface area contributed by atoms with E-state index in [0.717, 1.165) is 22.2 Å². The van der Waals surface area contributed by atoms with Crippen molar-refractivity contribution >= 4 is 22.4 Å². The second kappa shape index (κ2) is 5.84. The van der Waals surface area contributed by atoms with E-state index in [9.17, 15) is 4.39 Å². The van der Waals surface area contributed by atoms with Gasteiger partial charge in [-0.25, -0.2) is 15.0 Å². The van der Waals surface area contributed by atoms with Crippen LogP contribution in [0.3, 0.4) is 0 Å². The van der Waals surface area contributed by atoms with Gasteiger partial charge in [-0.3, -0.25) is 9.38 Å². The molecular weight excluding hydrogens is 343 g/mol. The van der Waals surface area contributed by atoms with Crippen molar-refractivity contribution < 1.29 is 4.39 Å². The van der Waals surface area contributed by atoms with E-state index in [1.54, 1.807) is 30.7 Å². The maximum Gasteiger partial charge on any atom is 0.213 e. The van der Waals surface area contributed by atoms with Crippen molar-refractivity contribution in [3.63, 3.8) is 0 Å². The molecule has 4 aromatic heterocycles. The van der Waals surface area contributed by atoms with Crippen LogP contribution in [0.15, 0.2) is 67.1 Å². The minimum absolute atomic E-state index is 0.257. The molecule has 7 heteroatoms. The molecule has 0 saturated carbocycles. The van der Waals surface area contributed by atoms with Crippen LogP contribution >= 0.6 is 0 Å². The van der Waals surface area contributed by atoms with Gasteiger partial charge in [0.2, 0.25) is 5.95 Å². The molecule has 5 aromatic rings. The Morgan fingerprint density at radius 2 is 1.85 bits per heavy atom. The number of benzene rings is 1. The number of anilines is 1. The largest absolute Gasteiger partial charge is 0.381 e. The summed E-state index contributed by atoms with van der Waals surface area (Å²) in [6.45, 7) is 0. The van der Waals surface area contributed by atoms with E-state index in [-0.39, 0.29) is 5.82 Å². The fraction of sp³-hybridized carbons (Fsp3) is 0. The Hall–Kier alpha value is -3.87. The Kier molecular flexibility index (Phi) is 3.33. The molecule has 0 spiro atoms. The van der Waals surface area contributed by atoms with Gasteiger partial charge in [-0.05, 0) is 30.3 Å². The van der Waals surface area contributed by atoms with Gasteiger partial charge in [0.15, 0.2) is 11.5 Å². The van der Waals surface area contributed by atoms with Crippen LogP contribution in [0.2, 0.25) is 0 Å². The van der Waals surface area contributed by atoms with E-state index < -0.39 is 5.95 Å². The average molecular weight is 356 g/mol. The molecule has 4 heterocycles. The summed E-state index contributed by atoms with van der Waals surface area (Å²) in [5, 5.41) is 0.984. The van der Waals surface area contributed by atoms with E-state index in [2.05, 4.69) is 19.9 Å². The molecule has 0 unspecified atom stereocenters. The molecule has 130 valence electrons. The van der Waals surface area contributed by atoms with E-state index >= 15 is 0 Å². The lowest BCUT2D eigenvalue weighted by Crippen LogP contribution is -2.04. The number of nitrogen functional groups attached to an aromatic ring is 1. The van der Waals surface area contributed by atoms with Gasteiger partial charge < -0.3 is 5.73 Å². The zero-order chi connectivity index (χ0) is 18.4. The van der Waals surface area contributed by atoms with Crippen LogP contribution in [-0.2, 0) is 0 Å². The number of imidazole rings is 1. The number of hydrogen-bond acceptors (Lipinski definition) is 5. The summed E-state index contributed by atoms with van der Waals surface area (Å²) in [6.07, 6.45) is 5.21. The first-order chi connectivity index (χ1) is 13.2. The highest BCUT2D eigenvalue weighted by atomic mass is 19.1. The van der Waals surface area contributed by atoms with Crippen molar-refractivity contribution in [2.24, 2.45) is 0 Å². The summed E-state index contributed by atoms with van der Waals surface area (Å²) in [5.74, 6) is -0.320. The van der Waals surface area contributed by atoms with Gasteiger partial charge in [0.1, 0.15) is 5.69 Å². The molecular formula is C20H13FN6. The Labute approximate surface area is 153 Å². The molecule has 0 radical (unpaired) electrons. The Morgan fingerprint density at radius 1 is 0.926 bits per heavy atom. The molecule has 0 aliphatic heterocycles. The van der Waals surface area contributed by atoms with Crippen LogP contribution < -0.4 is 5.73 Å². The van der Waals surface area contributed by atoms with Crippen LogP contribution in [-0.4, -0.2) is 24.3 Å². The molecule has 27 heavy (non-hydrogen) atoms. The van der Waals surface area contributed by atoms with Gasteiger partial charge in [0, 0.05) is 29.5 Å². The first kappa shape index (κ1) is 15.4. The van der Waals surface area contributed by atoms with Crippen molar-refractivity contribution in [2.45, 2.75) is 0 Å². The lowest BCUT2D eigenvalue weighted by molar-refractivity contribution is 0.585. The number of nitrogens with zero attached hydrogens (tertiary/aromatic N) is 5. The van der Waals surface area contributed by atoms with Gasteiger partial charge >= 0.3 is 0 Å². The lowest BCUT2D eigenvalue weighted by atomic mass is 10.0. The number of halogens is 1. The molecule has 0 amide bonds. The SMILES string of the molecule is Nc1nc(-c2cccc(F)n2)c(-c2ccc3ncccc3c2)n2ccnc12. The monoisotopic (exact) mass is 356 g/mol. The molecule has 1 aromatic carbocycles. The number of pyridine rings is 2. The van der Waals surface area contributed by atoms with E-state index in [1.807, 2.05) is 34.7 Å². The van der Waals surface area contributed by atoms with Crippen LogP contribution in [0.1, 0.15) is 0 Å². The van der Waals surface area contributed by atoms with Crippen molar-refractivity contribution in [3.05, 3.63) is 73.1 Å². The van der Waals surface area contributed by atoms with Crippen LogP contribution in [0, 0.1) is 5.95 Å². The van der Waals surface area contributed by atoms with Gasteiger partial charge in [-0.1, -0.05) is 18.2 Å². The third kappa shape index (κ3) is 2.48. The highest BCUT2D eigenvalue weighted by Gasteiger charge is 2.18. The van der Waals surface area contributed by atoms with Crippen molar-refractivity contribution in [3.8, 4) is 22.6 Å². The van der Waals surface area contributed by atoms with Gasteiger partial charge in [0.05, 0.1) is 16.9 Å². The highest BCUT2D eigenvalue weighted by molar-refractivity contribution is 5.88. The predicted octanol–water partition coefficient (Wildman–Crippen LogP) is 3.73. The van der Waals surface area contributed by atoms with Crippen LogP contribution in [0.25, 0.3) is 39.2 Å². The molecule has 2 N–H and O–H groups in total. The summed E-state index contributed by atoms with van der Waals surface area (Å²) < 4.78 is 15.6. The van der Waals surface area contributed by atoms with Gasteiger partial charge in [0.25, 0.3) is 0 Å².